The number of nitrogens with two attached hydrogens (primary N) is 1. The van der Waals surface area contributed by atoms with Gasteiger partial charge in [0.1, 0.15) is 0 Å². The average Bonchev–Trinajstić information content (AvgIpc) is 2.56. The highest BCUT2D eigenvalue weighted by Crippen LogP contribution is 2.40. The van der Waals surface area contributed by atoms with Crippen molar-refractivity contribution in [1.82, 2.24) is 4.90 Å². The van der Waals surface area contributed by atoms with Crippen molar-refractivity contribution in [2.75, 3.05) is 32.8 Å². The van der Waals surface area contributed by atoms with Gasteiger partial charge in [-0.1, -0.05) is 30.3 Å². The third-order valence-electron chi connectivity index (χ3n) is 5.25. The molecule has 3 nitrogen and oxygen atoms in total. The van der Waals surface area contributed by atoms with E-state index >= 15 is 0 Å². The molecule has 1 saturated heterocycles. The molecule has 1 aromatic rings. The fourth-order valence-electron chi connectivity index (χ4n) is 3.87. The van der Waals surface area contributed by atoms with E-state index in [1.165, 1.54) is 31.2 Å². The summed E-state index contributed by atoms with van der Waals surface area (Å²) in [6.45, 7) is 4.78. The van der Waals surface area contributed by atoms with Gasteiger partial charge >= 0.3 is 0 Å². The van der Waals surface area contributed by atoms with E-state index in [1.807, 2.05) is 0 Å². The molecule has 1 heterocycles. The van der Waals surface area contributed by atoms with Crippen LogP contribution in [0.1, 0.15) is 31.2 Å². The van der Waals surface area contributed by atoms with Crippen LogP contribution in [0.5, 0.6) is 0 Å². The molecule has 20 heavy (non-hydrogen) atoms. The van der Waals surface area contributed by atoms with Gasteiger partial charge in [0.05, 0.1) is 13.2 Å². The quantitative estimate of drug-likeness (QED) is 0.918. The van der Waals surface area contributed by atoms with Crippen LogP contribution in [-0.2, 0) is 10.2 Å². The second kappa shape index (κ2) is 6.25. The molecule has 2 N–H and O–H groups in total. The summed E-state index contributed by atoms with van der Waals surface area (Å²) < 4.78 is 5.46. The number of benzene rings is 1. The maximum atomic E-state index is 6.16. The summed E-state index contributed by atoms with van der Waals surface area (Å²) in [6, 6.07) is 11.6. The first kappa shape index (κ1) is 14.1. The Bertz CT molecular complexity index is 406. The van der Waals surface area contributed by atoms with Crippen molar-refractivity contribution >= 4 is 0 Å². The van der Waals surface area contributed by atoms with Crippen molar-refractivity contribution in [2.45, 2.75) is 37.1 Å². The smallest absolute Gasteiger partial charge is 0.0594 e. The molecule has 1 saturated carbocycles. The predicted molar refractivity (Wildman–Crippen MR) is 81.8 cm³/mol. The van der Waals surface area contributed by atoms with E-state index < -0.39 is 0 Å². The maximum Gasteiger partial charge on any atom is 0.0594 e. The van der Waals surface area contributed by atoms with Crippen molar-refractivity contribution in [2.24, 2.45) is 5.73 Å². The van der Waals surface area contributed by atoms with Crippen LogP contribution < -0.4 is 5.73 Å². The predicted octanol–water partition coefficient (Wildman–Crippen LogP) is 2.16. The monoisotopic (exact) mass is 274 g/mol. The summed E-state index contributed by atoms with van der Waals surface area (Å²) in [5.74, 6) is 0. The normalized spacial score (nSPS) is 32.1. The number of hydrogen-bond acceptors (Lipinski definition) is 3. The second-order valence-corrected chi connectivity index (χ2v) is 6.23. The van der Waals surface area contributed by atoms with Crippen LogP contribution in [0.15, 0.2) is 30.3 Å². The van der Waals surface area contributed by atoms with Gasteiger partial charge in [-0.15, -0.1) is 0 Å². The van der Waals surface area contributed by atoms with Gasteiger partial charge in [-0.25, -0.2) is 0 Å². The van der Waals surface area contributed by atoms with Crippen LogP contribution in [0, 0.1) is 0 Å². The van der Waals surface area contributed by atoms with Crippen LogP contribution in [0.2, 0.25) is 0 Å². The molecule has 3 heteroatoms. The van der Waals surface area contributed by atoms with Crippen molar-refractivity contribution in [3.63, 3.8) is 0 Å². The summed E-state index contributed by atoms with van der Waals surface area (Å²) in [4.78, 5) is 2.62. The zero-order chi connectivity index (χ0) is 13.8. The third kappa shape index (κ3) is 2.76. The van der Waals surface area contributed by atoms with E-state index in [-0.39, 0.29) is 5.41 Å². The van der Waals surface area contributed by atoms with Crippen LogP contribution in [0.4, 0.5) is 0 Å². The lowest BCUT2D eigenvalue weighted by atomic mass is 9.68. The Morgan fingerprint density at radius 3 is 2.35 bits per heavy atom. The molecule has 0 radical (unpaired) electrons. The Morgan fingerprint density at radius 1 is 1.10 bits per heavy atom. The van der Waals surface area contributed by atoms with Crippen LogP contribution in [0.3, 0.4) is 0 Å². The first-order valence-electron chi connectivity index (χ1n) is 7.91. The summed E-state index contributed by atoms with van der Waals surface area (Å²) >= 11 is 0. The number of ether oxygens (including phenoxy) is 1. The van der Waals surface area contributed by atoms with Gasteiger partial charge < -0.3 is 10.5 Å². The molecule has 0 unspecified atom stereocenters. The van der Waals surface area contributed by atoms with Crippen molar-refractivity contribution in [1.29, 1.82) is 0 Å². The van der Waals surface area contributed by atoms with Crippen molar-refractivity contribution in [3.8, 4) is 0 Å². The molecule has 2 fully saturated rings. The largest absolute Gasteiger partial charge is 0.379 e. The molecule has 1 aliphatic carbocycles. The molecule has 1 aromatic carbocycles. The van der Waals surface area contributed by atoms with Crippen LogP contribution in [0.25, 0.3) is 0 Å². The summed E-state index contributed by atoms with van der Waals surface area (Å²) in [7, 11) is 0. The van der Waals surface area contributed by atoms with E-state index in [9.17, 15) is 0 Å². The molecular weight excluding hydrogens is 248 g/mol. The number of nitrogens with zero attached hydrogens (tertiary/aromatic N) is 1. The van der Waals surface area contributed by atoms with Crippen molar-refractivity contribution < 1.29 is 4.74 Å². The van der Waals surface area contributed by atoms with E-state index in [4.69, 9.17) is 10.5 Å². The SMILES string of the molecule is NCC1(c2ccccc2)CCC(N2CCOCC2)CC1. The Balaban J connectivity index is 1.66. The van der Waals surface area contributed by atoms with Gasteiger partial charge in [0, 0.05) is 31.1 Å². The Hall–Kier alpha value is -0.900. The van der Waals surface area contributed by atoms with Crippen molar-refractivity contribution in [3.05, 3.63) is 35.9 Å². The summed E-state index contributed by atoms with van der Waals surface area (Å²) in [6.07, 6.45) is 4.98. The lowest BCUT2D eigenvalue weighted by Crippen LogP contribution is -2.48. The molecule has 0 aromatic heterocycles. The minimum Gasteiger partial charge on any atom is -0.379 e. The first-order chi connectivity index (χ1) is 9.84. The molecule has 2 aliphatic rings. The van der Waals surface area contributed by atoms with Gasteiger partial charge in [-0.2, -0.15) is 0 Å². The third-order valence-corrected chi connectivity index (χ3v) is 5.25. The zero-order valence-electron chi connectivity index (χ0n) is 12.3. The molecule has 3 rings (SSSR count). The molecular formula is C17H26N2O. The fourth-order valence-corrected chi connectivity index (χ4v) is 3.87. The molecule has 0 amide bonds. The highest BCUT2D eigenvalue weighted by molar-refractivity contribution is 5.26. The van der Waals surface area contributed by atoms with E-state index in [0.717, 1.165) is 38.9 Å². The minimum atomic E-state index is 0.212. The second-order valence-electron chi connectivity index (χ2n) is 6.23. The summed E-state index contributed by atoms with van der Waals surface area (Å²) in [5.41, 5.74) is 7.81. The van der Waals surface area contributed by atoms with Gasteiger partial charge in [0.25, 0.3) is 0 Å². The van der Waals surface area contributed by atoms with Crippen LogP contribution >= 0.6 is 0 Å². The highest BCUT2D eigenvalue weighted by atomic mass is 16.5. The lowest BCUT2D eigenvalue weighted by molar-refractivity contribution is 0.00307. The number of morpholine rings is 1. The minimum absolute atomic E-state index is 0.212. The molecule has 0 spiro atoms. The van der Waals surface area contributed by atoms with Crippen LogP contribution in [-0.4, -0.2) is 43.8 Å². The Morgan fingerprint density at radius 2 is 1.75 bits per heavy atom. The van der Waals surface area contributed by atoms with E-state index in [2.05, 4.69) is 35.2 Å². The topological polar surface area (TPSA) is 38.5 Å². The fraction of sp³-hybridized carbons (Fsp3) is 0.647. The Labute approximate surface area is 122 Å². The highest BCUT2D eigenvalue weighted by Gasteiger charge is 2.37. The summed E-state index contributed by atoms with van der Waals surface area (Å²) in [5, 5.41) is 0. The average molecular weight is 274 g/mol. The van der Waals surface area contributed by atoms with E-state index in [1.54, 1.807) is 0 Å². The first-order valence-corrected chi connectivity index (χ1v) is 7.91. The van der Waals surface area contributed by atoms with Gasteiger partial charge in [0.15, 0.2) is 0 Å². The molecule has 1 aliphatic heterocycles. The maximum absolute atomic E-state index is 6.16. The zero-order valence-corrected chi connectivity index (χ0v) is 12.3. The number of hydrogen-bond donors (Lipinski definition) is 1. The number of rotatable bonds is 3. The van der Waals surface area contributed by atoms with Gasteiger partial charge in [0.2, 0.25) is 0 Å². The molecule has 0 bridgehead atoms. The van der Waals surface area contributed by atoms with Gasteiger partial charge in [-0.3, -0.25) is 4.90 Å². The molecule has 110 valence electrons. The van der Waals surface area contributed by atoms with E-state index in [0.29, 0.717) is 0 Å². The lowest BCUT2D eigenvalue weighted by Gasteiger charge is -2.44. The van der Waals surface area contributed by atoms with Gasteiger partial charge in [-0.05, 0) is 31.2 Å². The molecule has 0 atom stereocenters. The standard InChI is InChI=1S/C17H26N2O/c18-14-17(15-4-2-1-3-5-15)8-6-16(7-9-17)19-10-12-20-13-11-19/h1-5,16H,6-14,18H2. The Kier molecular flexibility index (Phi) is 4.39.